The van der Waals surface area contributed by atoms with Crippen LogP contribution in [-0.2, 0) is 13.0 Å². The van der Waals surface area contributed by atoms with E-state index in [1.807, 2.05) is 12.1 Å². The van der Waals surface area contributed by atoms with Crippen LogP contribution in [-0.4, -0.2) is 5.11 Å². The minimum Gasteiger partial charge on any atom is -0.467 e. The van der Waals surface area contributed by atoms with Crippen LogP contribution in [0, 0.1) is 0 Å². The molecule has 1 atom stereocenters. The lowest BCUT2D eigenvalue weighted by molar-refractivity contribution is 0.502. The Hall–Kier alpha value is -2.11. The van der Waals surface area contributed by atoms with Gasteiger partial charge in [0.05, 0.1) is 18.8 Å². The zero-order valence-corrected chi connectivity index (χ0v) is 15.8. The summed E-state index contributed by atoms with van der Waals surface area (Å²) in [4.78, 5) is 1.24. The van der Waals surface area contributed by atoms with Gasteiger partial charge in [0.25, 0.3) is 0 Å². The number of thiocarbonyl (C=S) groups is 1. The number of furan rings is 1. The van der Waals surface area contributed by atoms with Crippen molar-refractivity contribution >= 4 is 28.7 Å². The molecule has 3 aromatic rings. The summed E-state index contributed by atoms with van der Waals surface area (Å²) in [7, 11) is 0. The van der Waals surface area contributed by atoms with Crippen molar-refractivity contribution in [3.8, 4) is 0 Å². The van der Waals surface area contributed by atoms with Crippen molar-refractivity contribution in [3.63, 3.8) is 0 Å². The number of hydrogen-bond acceptors (Lipinski definition) is 3. The molecular weight excluding hydrogens is 348 g/mol. The molecule has 2 aromatic heterocycles. The van der Waals surface area contributed by atoms with Crippen LogP contribution in [0.25, 0.3) is 0 Å². The molecule has 0 saturated heterocycles. The summed E-state index contributed by atoms with van der Waals surface area (Å²) < 4.78 is 5.33. The number of nitrogens with one attached hydrogen (secondary N) is 2. The van der Waals surface area contributed by atoms with Gasteiger partial charge >= 0.3 is 0 Å². The Bertz CT molecular complexity index is 765. The molecule has 2 heterocycles. The second-order valence-corrected chi connectivity index (χ2v) is 7.23. The third-order valence-corrected chi connectivity index (χ3v) is 5.16. The summed E-state index contributed by atoms with van der Waals surface area (Å²) in [6, 6.07) is 16.9. The molecule has 0 aliphatic rings. The maximum absolute atomic E-state index is 5.49. The van der Waals surface area contributed by atoms with E-state index in [9.17, 15) is 0 Å². The lowest BCUT2D eigenvalue weighted by atomic mass is 10.0. The molecule has 25 heavy (non-hydrogen) atoms. The van der Waals surface area contributed by atoms with E-state index in [-0.39, 0.29) is 6.04 Å². The quantitative estimate of drug-likeness (QED) is 0.571. The predicted molar refractivity (Wildman–Crippen MR) is 108 cm³/mol. The molecule has 0 saturated carbocycles. The second-order valence-electron chi connectivity index (χ2n) is 5.85. The fourth-order valence-electron chi connectivity index (χ4n) is 2.70. The van der Waals surface area contributed by atoms with Gasteiger partial charge in [-0.05, 0) is 53.3 Å². The Balaban J connectivity index is 1.70. The highest BCUT2D eigenvalue weighted by atomic mass is 32.1. The summed E-state index contributed by atoms with van der Waals surface area (Å²) in [5.41, 5.74) is 2.58. The fraction of sp³-hybridized carbons (Fsp3) is 0.250. The Morgan fingerprint density at radius 2 is 2.00 bits per heavy atom. The average molecular weight is 371 g/mol. The van der Waals surface area contributed by atoms with Gasteiger partial charge in [0.1, 0.15) is 5.76 Å². The SMILES string of the molecule is CCCc1ccc([C@@H](NC(=S)NCc2ccco2)c2cccs2)cc1. The summed E-state index contributed by atoms with van der Waals surface area (Å²) in [6.45, 7) is 2.78. The van der Waals surface area contributed by atoms with Gasteiger partial charge in [-0.25, -0.2) is 0 Å². The zero-order chi connectivity index (χ0) is 17.5. The highest BCUT2D eigenvalue weighted by Crippen LogP contribution is 2.26. The van der Waals surface area contributed by atoms with Crippen molar-refractivity contribution in [2.45, 2.75) is 32.4 Å². The normalized spacial score (nSPS) is 11.9. The van der Waals surface area contributed by atoms with Crippen molar-refractivity contribution in [1.29, 1.82) is 0 Å². The van der Waals surface area contributed by atoms with Crippen LogP contribution in [0.2, 0.25) is 0 Å². The maximum Gasteiger partial charge on any atom is 0.167 e. The van der Waals surface area contributed by atoms with Crippen molar-refractivity contribution < 1.29 is 4.42 Å². The summed E-state index contributed by atoms with van der Waals surface area (Å²) >= 11 is 7.22. The van der Waals surface area contributed by atoms with Crippen LogP contribution >= 0.6 is 23.6 Å². The third kappa shape index (κ3) is 4.94. The van der Waals surface area contributed by atoms with E-state index >= 15 is 0 Å². The van der Waals surface area contributed by atoms with Crippen molar-refractivity contribution in [3.05, 3.63) is 81.9 Å². The van der Waals surface area contributed by atoms with Crippen LogP contribution in [0.5, 0.6) is 0 Å². The highest BCUT2D eigenvalue weighted by Gasteiger charge is 2.16. The van der Waals surface area contributed by atoms with Gasteiger partial charge in [0.15, 0.2) is 5.11 Å². The molecule has 0 radical (unpaired) electrons. The van der Waals surface area contributed by atoms with Gasteiger partial charge in [-0.2, -0.15) is 0 Å². The largest absolute Gasteiger partial charge is 0.467 e. The Labute approximate surface area is 158 Å². The molecule has 0 bridgehead atoms. The maximum atomic E-state index is 5.49. The molecule has 2 N–H and O–H groups in total. The number of benzene rings is 1. The molecule has 5 heteroatoms. The van der Waals surface area contributed by atoms with Crippen LogP contribution in [0.4, 0.5) is 0 Å². The van der Waals surface area contributed by atoms with Gasteiger partial charge in [-0.3, -0.25) is 0 Å². The molecule has 130 valence electrons. The van der Waals surface area contributed by atoms with Crippen molar-refractivity contribution in [2.75, 3.05) is 0 Å². The van der Waals surface area contributed by atoms with Crippen molar-refractivity contribution in [1.82, 2.24) is 10.6 Å². The van der Waals surface area contributed by atoms with E-state index in [2.05, 4.69) is 59.3 Å². The van der Waals surface area contributed by atoms with Gasteiger partial charge in [-0.15, -0.1) is 11.3 Å². The summed E-state index contributed by atoms with van der Waals surface area (Å²) in [5, 5.41) is 9.36. The Morgan fingerprint density at radius 3 is 2.64 bits per heavy atom. The molecule has 0 amide bonds. The van der Waals surface area contributed by atoms with Gasteiger partial charge in [0, 0.05) is 4.88 Å². The average Bonchev–Trinajstić information content (AvgIpc) is 3.33. The van der Waals surface area contributed by atoms with Gasteiger partial charge in [0.2, 0.25) is 0 Å². The highest BCUT2D eigenvalue weighted by molar-refractivity contribution is 7.80. The first-order valence-corrected chi connectivity index (χ1v) is 9.74. The smallest absolute Gasteiger partial charge is 0.167 e. The first-order valence-electron chi connectivity index (χ1n) is 8.45. The molecular formula is C20H22N2OS2. The molecule has 0 aliphatic heterocycles. The topological polar surface area (TPSA) is 37.2 Å². The lowest BCUT2D eigenvalue weighted by Crippen LogP contribution is -2.37. The second kappa shape index (κ2) is 8.83. The Morgan fingerprint density at radius 1 is 1.16 bits per heavy atom. The molecule has 0 spiro atoms. The number of rotatable bonds is 7. The number of thiophene rings is 1. The first-order chi connectivity index (χ1) is 12.3. The summed E-state index contributed by atoms with van der Waals surface area (Å²) in [6.07, 6.45) is 3.94. The minimum atomic E-state index is 0.0484. The fourth-order valence-corrected chi connectivity index (χ4v) is 3.69. The standard InChI is InChI=1S/C20H22N2OS2/c1-2-5-15-8-10-16(11-9-15)19(18-7-4-13-25-18)22-20(24)21-14-17-6-3-12-23-17/h3-4,6-13,19H,2,5,14H2,1H3,(H2,21,22,24)/t19-/m1/s1. The molecule has 3 rings (SSSR count). The minimum absolute atomic E-state index is 0.0484. The van der Waals surface area contributed by atoms with Gasteiger partial charge < -0.3 is 15.1 Å². The number of aryl methyl sites for hydroxylation is 1. The molecule has 3 nitrogen and oxygen atoms in total. The lowest BCUT2D eigenvalue weighted by Gasteiger charge is -2.20. The van der Waals surface area contributed by atoms with Crippen LogP contribution < -0.4 is 10.6 Å². The van der Waals surface area contributed by atoms with E-state index in [4.69, 9.17) is 16.6 Å². The first kappa shape index (κ1) is 17.7. The van der Waals surface area contributed by atoms with Crippen LogP contribution in [0.3, 0.4) is 0 Å². The van der Waals surface area contributed by atoms with E-state index in [1.54, 1.807) is 17.6 Å². The monoisotopic (exact) mass is 370 g/mol. The molecule has 1 aromatic carbocycles. The Kier molecular flexibility index (Phi) is 6.25. The summed E-state index contributed by atoms with van der Waals surface area (Å²) in [5.74, 6) is 0.862. The van der Waals surface area contributed by atoms with E-state index in [1.165, 1.54) is 16.0 Å². The van der Waals surface area contributed by atoms with Gasteiger partial charge in [-0.1, -0.05) is 43.7 Å². The molecule has 0 fully saturated rings. The van der Waals surface area contributed by atoms with Crippen LogP contribution in [0.15, 0.2) is 64.6 Å². The van der Waals surface area contributed by atoms with E-state index < -0.39 is 0 Å². The third-order valence-electron chi connectivity index (χ3n) is 3.96. The van der Waals surface area contributed by atoms with Crippen molar-refractivity contribution in [2.24, 2.45) is 0 Å². The predicted octanol–water partition coefficient (Wildman–Crippen LogP) is 5.05. The zero-order valence-electron chi connectivity index (χ0n) is 14.2. The molecule has 0 aliphatic carbocycles. The molecule has 0 unspecified atom stereocenters. The van der Waals surface area contributed by atoms with Crippen LogP contribution in [0.1, 0.15) is 41.2 Å². The van der Waals surface area contributed by atoms with E-state index in [0.29, 0.717) is 11.7 Å². The van der Waals surface area contributed by atoms with E-state index in [0.717, 1.165) is 18.6 Å². The number of hydrogen-bond donors (Lipinski definition) is 2.